The van der Waals surface area contributed by atoms with Gasteiger partial charge in [-0.15, -0.1) is 0 Å². The van der Waals surface area contributed by atoms with Gasteiger partial charge in [-0.3, -0.25) is 4.79 Å². The molecule has 0 unspecified atom stereocenters. The number of nitrogens with zero attached hydrogens (tertiary/aromatic N) is 2. The molecule has 0 aliphatic rings. The summed E-state index contributed by atoms with van der Waals surface area (Å²) in [6, 6.07) is 0. The number of nitrogens with one attached hydrogen (secondary N) is 1. The quantitative estimate of drug-likeness (QED) is 0.913. The van der Waals surface area contributed by atoms with E-state index in [4.69, 9.17) is 0 Å². The molecule has 1 aromatic rings. The predicted octanol–water partition coefficient (Wildman–Crippen LogP) is 2.00. The number of anilines is 1. The van der Waals surface area contributed by atoms with Gasteiger partial charge in [-0.25, -0.2) is 4.68 Å². The van der Waals surface area contributed by atoms with Crippen molar-refractivity contribution < 1.29 is 0 Å². The third kappa shape index (κ3) is 3.34. The zero-order valence-electron chi connectivity index (χ0n) is 9.25. The van der Waals surface area contributed by atoms with Gasteiger partial charge in [0.1, 0.15) is 4.47 Å². The molecule has 1 N–H and O–H groups in total. The van der Waals surface area contributed by atoms with Gasteiger partial charge < -0.3 is 5.32 Å². The normalized spacial score (nSPS) is 10.7. The van der Waals surface area contributed by atoms with E-state index in [2.05, 4.69) is 40.2 Å². The van der Waals surface area contributed by atoms with E-state index in [-0.39, 0.29) is 5.56 Å². The Hall–Kier alpha value is -0.840. The highest BCUT2D eigenvalue weighted by Crippen LogP contribution is 2.15. The molecule has 84 valence electrons. The molecule has 4 nitrogen and oxygen atoms in total. The van der Waals surface area contributed by atoms with Gasteiger partial charge in [0.05, 0.1) is 11.9 Å². The molecule has 1 heterocycles. The summed E-state index contributed by atoms with van der Waals surface area (Å²) in [7, 11) is 1.63. The Kier molecular flexibility index (Phi) is 4.32. The monoisotopic (exact) mass is 273 g/mol. The standard InChI is InChI=1S/C10H16BrN3O/c1-7(2)4-5-12-8-6-13-14(3)10(15)9(8)11/h6-7,12H,4-5H2,1-3H3. The topological polar surface area (TPSA) is 46.9 Å². The van der Waals surface area contributed by atoms with Gasteiger partial charge in [0.2, 0.25) is 0 Å². The average molecular weight is 274 g/mol. The lowest BCUT2D eigenvalue weighted by Gasteiger charge is -2.09. The molecule has 0 atom stereocenters. The molecule has 0 aliphatic carbocycles. The molecule has 0 aliphatic heterocycles. The van der Waals surface area contributed by atoms with Crippen LogP contribution in [0.3, 0.4) is 0 Å². The van der Waals surface area contributed by atoms with Crippen molar-refractivity contribution in [3.63, 3.8) is 0 Å². The summed E-state index contributed by atoms with van der Waals surface area (Å²) in [6.45, 7) is 5.18. The zero-order chi connectivity index (χ0) is 11.4. The second kappa shape index (κ2) is 5.30. The van der Waals surface area contributed by atoms with Gasteiger partial charge in [-0.2, -0.15) is 5.10 Å². The van der Waals surface area contributed by atoms with E-state index in [9.17, 15) is 4.79 Å². The van der Waals surface area contributed by atoms with Crippen molar-refractivity contribution in [1.82, 2.24) is 9.78 Å². The van der Waals surface area contributed by atoms with Crippen LogP contribution in [-0.4, -0.2) is 16.3 Å². The van der Waals surface area contributed by atoms with Crippen LogP contribution < -0.4 is 10.9 Å². The minimum Gasteiger partial charge on any atom is -0.383 e. The van der Waals surface area contributed by atoms with Crippen molar-refractivity contribution in [3.8, 4) is 0 Å². The maximum Gasteiger partial charge on any atom is 0.282 e. The summed E-state index contributed by atoms with van der Waals surface area (Å²) in [5.74, 6) is 0.649. The van der Waals surface area contributed by atoms with Crippen LogP contribution in [0.4, 0.5) is 5.69 Å². The average Bonchev–Trinajstić information content (AvgIpc) is 2.18. The zero-order valence-corrected chi connectivity index (χ0v) is 10.8. The molecule has 0 radical (unpaired) electrons. The molecule has 0 saturated heterocycles. The highest BCUT2D eigenvalue weighted by molar-refractivity contribution is 9.10. The van der Waals surface area contributed by atoms with Gasteiger partial charge in [-0.1, -0.05) is 13.8 Å². The molecule has 0 aromatic carbocycles. The number of hydrogen-bond donors (Lipinski definition) is 1. The predicted molar refractivity (Wildman–Crippen MR) is 65.1 cm³/mol. The van der Waals surface area contributed by atoms with E-state index in [1.165, 1.54) is 4.68 Å². The smallest absolute Gasteiger partial charge is 0.282 e. The first-order valence-electron chi connectivity index (χ1n) is 4.98. The van der Waals surface area contributed by atoms with E-state index in [0.717, 1.165) is 18.7 Å². The molecule has 1 aromatic heterocycles. The van der Waals surface area contributed by atoms with E-state index in [0.29, 0.717) is 10.4 Å². The second-order valence-corrected chi connectivity index (χ2v) is 4.70. The summed E-state index contributed by atoms with van der Waals surface area (Å²) in [6.07, 6.45) is 2.73. The third-order valence-electron chi connectivity index (χ3n) is 2.12. The Labute approximate surface area is 97.8 Å². The SMILES string of the molecule is CC(C)CCNc1cnn(C)c(=O)c1Br. The van der Waals surface area contributed by atoms with Gasteiger partial charge in [0, 0.05) is 13.6 Å². The third-order valence-corrected chi connectivity index (χ3v) is 2.88. The maximum absolute atomic E-state index is 11.5. The summed E-state index contributed by atoms with van der Waals surface area (Å²) in [4.78, 5) is 11.5. The van der Waals surface area contributed by atoms with E-state index in [1.54, 1.807) is 13.2 Å². The molecule has 0 saturated carbocycles. The van der Waals surface area contributed by atoms with Crippen LogP contribution in [-0.2, 0) is 7.05 Å². The van der Waals surface area contributed by atoms with Gasteiger partial charge >= 0.3 is 0 Å². The molecule has 0 amide bonds. The van der Waals surface area contributed by atoms with Crippen LogP contribution in [0.15, 0.2) is 15.5 Å². The fraction of sp³-hybridized carbons (Fsp3) is 0.600. The van der Waals surface area contributed by atoms with Crippen LogP contribution in [0.25, 0.3) is 0 Å². The first-order valence-corrected chi connectivity index (χ1v) is 5.77. The molecule has 15 heavy (non-hydrogen) atoms. The molecule has 0 fully saturated rings. The molecule has 0 spiro atoms. The Morgan fingerprint density at radius 2 is 2.27 bits per heavy atom. The Balaban J connectivity index is 2.71. The first-order chi connectivity index (χ1) is 7.02. The van der Waals surface area contributed by atoms with Gasteiger partial charge in [0.25, 0.3) is 5.56 Å². The van der Waals surface area contributed by atoms with Crippen LogP contribution in [0.1, 0.15) is 20.3 Å². The Bertz CT molecular complexity index is 387. The molecule has 0 bridgehead atoms. The number of hydrogen-bond acceptors (Lipinski definition) is 3. The minimum atomic E-state index is -0.121. The lowest BCUT2D eigenvalue weighted by molar-refractivity contribution is 0.606. The van der Waals surface area contributed by atoms with Crippen LogP contribution in [0.5, 0.6) is 0 Å². The van der Waals surface area contributed by atoms with Crippen molar-refractivity contribution in [2.75, 3.05) is 11.9 Å². The van der Waals surface area contributed by atoms with Gasteiger partial charge in [0.15, 0.2) is 0 Å². The molecule has 1 rings (SSSR count). The van der Waals surface area contributed by atoms with E-state index >= 15 is 0 Å². The summed E-state index contributed by atoms with van der Waals surface area (Å²) in [5.41, 5.74) is 0.642. The van der Waals surface area contributed by atoms with Crippen molar-refractivity contribution in [3.05, 3.63) is 21.0 Å². The van der Waals surface area contributed by atoms with Gasteiger partial charge in [-0.05, 0) is 28.3 Å². The first kappa shape index (κ1) is 12.2. The minimum absolute atomic E-state index is 0.121. The Morgan fingerprint density at radius 1 is 1.60 bits per heavy atom. The van der Waals surface area contributed by atoms with E-state index in [1.807, 2.05) is 0 Å². The number of aryl methyl sites for hydroxylation is 1. The van der Waals surface area contributed by atoms with Crippen molar-refractivity contribution in [2.24, 2.45) is 13.0 Å². The second-order valence-electron chi connectivity index (χ2n) is 3.91. The number of aromatic nitrogens is 2. The summed E-state index contributed by atoms with van der Waals surface area (Å²) >= 11 is 3.26. The van der Waals surface area contributed by atoms with Crippen LogP contribution >= 0.6 is 15.9 Å². The van der Waals surface area contributed by atoms with E-state index < -0.39 is 0 Å². The highest BCUT2D eigenvalue weighted by atomic mass is 79.9. The molecular formula is C10H16BrN3O. The lowest BCUT2D eigenvalue weighted by Crippen LogP contribution is -2.21. The fourth-order valence-corrected chi connectivity index (χ4v) is 1.63. The number of rotatable bonds is 4. The maximum atomic E-state index is 11.5. The largest absolute Gasteiger partial charge is 0.383 e. The lowest BCUT2D eigenvalue weighted by atomic mass is 10.1. The Morgan fingerprint density at radius 3 is 2.87 bits per heavy atom. The van der Waals surface area contributed by atoms with Crippen LogP contribution in [0, 0.1) is 5.92 Å². The van der Waals surface area contributed by atoms with Crippen molar-refractivity contribution >= 4 is 21.6 Å². The van der Waals surface area contributed by atoms with Crippen molar-refractivity contribution in [2.45, 2.75) is 20.3 Å². The van der Waals surface area contributed by atoms with Crippen LogP contribution in [0.2, 0.25) is 0 Å². The fourth-order valence-electron chi connectivity index (χ4n) is 1.13. The van der Waals surface area contributed by atoms with Crippen molar-refractivity contribution in [1.29, 1.82) is 0 Å². The number of halogens is 1. The molecule has 5 heteroatoms. The molecular weight excluding hydrogens is 258 g/mol. The highest BCUT2D eigenvalue weighted by Gasteiger charge is 2.05. The summed E-state index contributed by atoms with van der Waals surface area (Å²) in [5, 5.41) is 7.14. The summed E-state index contributed by atoms with van der Waals surface area (Å²) < 4.78 is 1.85.